The molecule has 2 heterocycles. The summed E-state index contributed by atoms with van der Waals surface area (Å²) in [4.78, 5) is 31.9. The number of benzene rings is 2. The van der Waals surface area contributed by atoms with Gasteiger partial charge in [-0.15, -0.1) is 0 Å². The van der Waals surface area contributed by atoms with Crippen molar-refractivity contribution < 1.29 is 14.3 Å². The number of nitrogens with zero attached hydrogens (tertiary/aromatic N) is 2. The molecule has 8 heteroatoms. The van der Waals surface area contributed by atoms with Gasteiger partial charge in [-0.05, 0) is 37.4 Å². The van der Waals surface area contributed by atoms with E-state index >= 15 is 0 Å². The lowest BCUT2D eigenvalue weighted by molar-refractivity contribution is -0.122. The van der Waals surface area contributed by atoms with Crippen molar-refractivity contribution in [1.29, 1.82) is 0 Å². The van der Waals surface area contributed by atoms with Gasteiger partial charge in [0.25, 0.3) is 0 Å². The second-order valence-corrected chi connectivity index (χ2v) is 9.10. The standard InChI is InChI=1S/C23H23N3O3S2/c1-3-29-18-11-9-17(10-12-18)26-14-16(13-19(26)27)21(28)25-22-20(24-23(30-2)31-22)15-7-5-4-6-8-15/h4-12,16H,3,13-14H2,1-2H3,(H,25,28). The largest absolute Gasteiger partial charge is 0.494 e. The van der Waals surface area contributed by atoms with E-state index in [0.717, 1.165) is 27.0 Å². The SMILES string of the molecule is CCOc1ccc(N2CC(C(=O)Nc3sc(SC)nc3-c3ccccc3)CC2=O)cc1. The Bertz CT molecular complexity index is 1070. The molecule has 4 rings (SSSR count). The van der Waals surface area contributed by atoms with E-state index in [1.807, 2.05) is 67.8 Å². The van der Waals surface area contributed by atoms with E-state index in [1.54, 1.807) is 16.7 Å². The number of anilines is 2. The molecule has 31 heavy (non-hydrogen) atoms. The van der Waals surface area contributed by atoms with E-state index in [0.29, 0.717) is 18.2 Å². The second kappa shape index (κ2) is 9.53. The van der Waals surface area contributed by atoms with Crippen molar-refractivity contribution in [3.63, 3.8) is 0 Å². The molecule has 0 aliphatic carbocycles. The van der Waals surface area contributed by atoms with Gasteiger partial charge >= 0.3 is 0 Å². The van der Waals surface area contributed by atoms with Gasteiger partial charge in [-0.3, -0.25) is 9.59 Å². The van der Waals surface area contributed by atoms with Crippen molar-refractivity contribution in [2.45, 2.75) is 17.7 Å². The third kappa shape index (κ3) is 4.75. The smallest absolute Gasteiger partial charge is 0.230 e. The van der Waals surface area contributed by atoms with Crippen molar-refractivity contribution in [2.24, 2.45) is 5.92 Å². The second-order valence-electron chi connectivity index (χ2n) is 7.05. The zero-order valence-corrected chi connectivity index (χ0v) is 19.0. The minimum atomic E-state index is -0.414. The maximum atomic E-state index is 13.0. The van der Waals surface area contributed by atoms with Gasteiger partial charge in [0.15, 0.2) is 4.34 Å². The third-order valence-corrected chi connectivity index (χ3v) is 6.98. The topological polar surface area (TPSA) is 71.5 Å². The van der Waals surface area contributed by atoms with Gasteiger partial charge in [0.05, 0.1) is 12.5 Å². The molecule has 1 aliphatic heterocycles. The Balaban J connectivity index is 1.49. The average Bonchev–Trinajstić information content (AvgIpc) is 3.38. The number of thioether (sulfide) groups is 1. The van der Waals surface area contributed by atoms with E-state index in [9.17, 15) is 9.59 Å². The first kappa shape index (κ1) is 21.4. The third-order valence-electron chi connectivity index (χ3n) is 5.02. The predicted molar refractivity (Wildman–Crippen MR) is 126 cm³/mol. The minimum Gasteiger partial charge on any atom is -0.494 e. The maximum Gasteiger partial charge on any atom is 0.230 e. The van der Waals surface area contributed by atoms with Crippen LogP contribution in [0.3, 0.4) is 0 Å². The highest BCUT2D eigenvalue weighted by molar-refractivity contribution is 8.00. The molecule has 1 aliphatic rings. The van der Waals surface area contributed by atoms with Gasteiger partial charge < -0.3 is 15.0 Å². The maximum absolute atomic E-state index is 13.0. The van der Waals surface area contributed by atoms with Gasteiger partial charge in [0.1, 0.15) is 16.4 Å². The van der Waals surface area contributed by atoms with E-state index in [2.05, 4.69) is 10.3 Å². The molecule has 1 atom stereocenters. The summed E-state index contributed by atoms with van der Waals surface area (Å²) in [6.07, 6.45) is 2.15. The molecular formula is C23H23N3O3S2. The van der Waals surface area contributed by atoms with Crippen LogP contribution >= 0.6 is 23.1 Å². The number of hydrogen-bond donors (Lipinski definition) is 1. The van der Waals surface area contributed by atoms with Crippen molar-refractivity contribution in [3.05, 3.63) is 54.6 Å². The molecule has 0 radical (unpaired) electrons. The molecule has 0 spiro atoms. The summed E-state index contributed by atoms with van der Waals surface area (Å²) in [5, 5.41) is 3.74. The quantitative estimate of drug-likeness (QED) is 0.514. The fourth-order valence-electron chi connectivity index (χ4n) is 3.50. The highest BCUT2D eigenvalue weighted by atomic mass is 32.2. The lowest BCUT2D eigenvalue weighted by atomic mass is 10.1. The number of carbonyl (C=O) groups is 2. The fraction of sp³-hybridized carbons (Fsp3) is 0.261. The highest BCUT2D eigenvalue weighted by Gasteiger charge is 2.35. The summed E-state index contributed by atoms with van der Waals surface area (Å²) >= 11 is 3.00. The summed E-state index contributed by atoms with van der Waals surface area (Å²) in [6.45, 7) is 2.87. The first-order valence-electron chi connectivity index (χ1n) is 10.0. The number of carbonyl (C=O) groups excluding carboxylic acids is 2. The first-order chi connectivity index (χ1) is 15.1. The number of ether oxygens (including phenoxy) is 1. The summed E-state index contributed by atoms with van der Waals surface area (Å²) in [5.41, 5.74) is 2.49. The molecule has 1 saturated heterocycles. The van der Waals surface area contributed by atoms with Gasteiger partial charge in [-0.25, -0.2) is 4.98 Å². The van der Waals surface area contributed by atoms with Crippen LogP contribution in [0.25, 0.3) is 11.3 Å². The molecule has 2 aromatic carbocycles. The van der Waals surface area contributed by atoms with Crippen molar-refractivity contribution in [2.75, 3.05) is 29.6 Å². The molecule has 3 aromatic rings. The Morgan fingerprint density at radius 1 is 1.23 bits per heavy atom. The van der Waals surface area contributed by atoms with Crippen LogP contribution in [0.15, 0.2) is 58.9 Å². The zero-order valence-electron chi connectivity index (χ0n) is 17.3. The molecule has 1 unspecified atom stereocenters. The summed E-state index contributed by atoms with van der Waals surface area (Å²) in [7, 11) is 0. The van der Waals surface area contributed by atoms with Crippen LogP contribution in [0.4, 0.5) is 10.7 Å². The molecule has 0 saturated carbocycles. The lowest BCUT2D eigenvalue weighted by Crippen LogP contribution is -2.28. The molecule has 1 N–H and O–H groups in total. The predicted octanol–water partition coefficient (Wildman–Crippen LogP) is 4.92. The molecule has 1 fully saturated rings. The van der Waals surface area contributed by atoms with Crippen molar-refractivity contribution in [1.82, 2.24) is 4.98 Å². The molecule has 2 amide bonds. The van der Waals surface area contributed by atoms with Gasteiger partial charge in [-0.1, -0.05) is 53.4 Å². The number of nitrogens with one attached hydrogen (secondary N) is 1. The van der Waals surface area contributed by atoms with E-state index in [4.69, 9.17) is 4.74 Å². The monoisotopic (exact) mass is 453 g/mol. The van der Waals surface area contributed by atoms with Crippen LogP contribution in [0.2, 0.25) is 0 Å². The zero-order chi connectivity index (χ0) is 21.8. The van der Waals surface area contributed by atoms with Crippen LogP contribution in [0, 0.1) is 5.92 Å². The molecule has 0 bridgehead atoms. The van der Waals surface area contributed by atoms with Crippen LogP contribution in [-0.4, -0.2) is 36.2 Å². The van der Waals surface area contributed by atoms with Crippen LogP contribution < -0.4 is 15.0 Å². The normalized spacial score (nSPS) is 15.9. The van der Waals surface area contributed by atoms with E-state index in [1.165, 1.54) is 11.3 Å². The Hall–Kier alpha value is -2.84. The number of thiazole rings is 1. The molecule has 6 nitrogen and oxygen atoms in total. The fourth-order valence-corrected chi connectivity index (χ4v) is 4.99. The summed E-state index contributed by atoms with van der Waals surface area (Å²) in [5.74, 6) is 0.134. The van der Waals surface area contributed by atoms with Gasteiger partial charge in [0, 0.05) is 24.2 Å². The van der Waals surface area contributed by atoms with Gasteiger partial charge in [-0.2, -0.15) is 0 Å². The van der Waals surface area contributed by atoms with Crippen molar-refractivity contribution in [3.8, 4) is 17.0 Å². The van der Waals surface area contributed by atoms with Crippen molar-refractivity contribution >= 4 is 45.6 Å². The molecule has 1 aromatic heterocycles. The summed E-state index contributed by atoms with van der Waals surface area (Å²) < 4.78 is 6.34. The Kier molecular flexibility index (Phi) is 6.58. The molecule has 160 valence electrons. The first-order valence-corrected chi connectivity index (χ1v) is 12.1. The number of rotatable bonds is 7. The van der Waals surface area contributed by atoms with Crippen LogP contribution in [0.5, 0.6) is 5.75 Å². The minimum absolute atomic E-state index is 0.0540. The number of aromatic nitrogens is 1. The highest BCUT2D eigenvalue weighted by Crippen LogP contribution is 2.37. The Morgan fingerprint density at radius 3 is 2.65 bits per heavy atom. The Morgan fingerprint density at radius 2 is 1.97 bits per heavy atom. The average molecular weight is 454 g/mol. The van der Waals surface area contributed by atoms with Crippen LogP contribution in [0.1, 0.15) is 13.3 Å². The van der Waals surface area contributed by atoms with Crippen LogP contribution in [-0.2, 0) is 9.59 Å². The lowest BCUT2D eigenvalue weighted by Gasteiger charge is -2.17. The summed E-state index contributed by atoms with van der Waals surface area (Å²) in [6, 6.07) is 17.2. The van der Waals surface area contributed by atoms with E-state index in [-0.39, 0.29) is 18.2 Å². The molecular weight excluding hydrogens is 430 g/mol. The van der Waals surface area contributed by atoms with Gasteiger partial charge in [0.2, 0.25) is 11.8 Å². The Labute approximate surface area is 189 Å². The number of hydrogen-bond acceptors (Lipinski definition) is 6. The number of amides is 2. The van der Waals surface area contributed by atoms with E-state index < -0.39 is 5.92 Å².